The van der Waals surface area contributed by atoms with Crippen LogP contribution in [0.5, 0.6) is 0 Å². The molecule has 0 N–H and O–H groups in total. The van der Waals surface area contributed by atoms with E-state index in [1.54, 1.807) is 0 Å². The molecule has 0 saturated heterocycles. The van der Waals surface area contributed by atoms with E-state index in [9.17, 15) is 19.8 Å². The normalized spacial score (nSPS) is 11.9. The summed E-state index contributed by atoms with van der Waals surface area (Å²) in [4.78, 5) is 20.0. The molecule has 8 heteroatoms. The third-order valence-electron chi connectivity index (χ3n) is 2.51. The minimum absolute atomic E-state index is 0. The van der Waals surface area contributed by atoms with Gasteiger partial charge in [0, 0.05) is 0 Å². The summed E-state index contributed by atoms with van der Waals surface area (Å²) in [6.45, 7) is 18.5. The number of aliphatic carboxylic acids is 2. The second kappa shape index (κ2) is 10.9. The molecule has 0 heterocycles. The maximum atomic E-state index is 9.99. The number of carbonyl (C=O) groups excluding carboxylic acids is 2. The van der Waals surface area contributed by atoms with E-state index >= 15 is 0 Å². The van der Waals surface area contributed by atoms with E-state index in [0.29, 0.717) is 0 Å². The van der Waals surface area contributed by atoms with Crippen LogP contribution in [0.4, 0.5) is 0 Å². The standard InChI is InChI=1S/C8H18OSi2.C6H8O4.Pt/c1-7-11(6,8-2)9-10(3,4)5;1-3(5(7)8)4(2)6(9)10;/h7-8H,1-2H2,3-6H3;1-2H3,(H,7,8)(H,9,10);/q;;+2/p-2/b;4-3-;. The van der Waals surface area contributed by atoms with Crippen molar-refractivity contribution in [2.24, 2.45) is 0 Å². The van der Waals surface area contributed by atoms with E-state index in [0.717, 1.165) is 13.8 Å². The molecular formula is C14H24O5PtSi2. The molecule has 0 amide bonds. The Kier molecular flexibility index (Phi) is 12.9. The molecular weight excluding hydrogens is 499 g/mol. The van der Waals surface area contributed by atoms with E-state index in [2.05, 4.69) is 39.3 Å². The van der Waals surface area contributed by atoms with Gasteiger partial charge in [0.2, 0.25) is 8.32 Å². The number of rotatable bonds is 6. The van der Waals surface area contributed by atoms with Crippen LogP contribution in [0.15, 0.2) is 35.7 Å². The van der Waals surface area contributed by atoms with Crippen LogP contribution in [0, 0.1) is 0 Å². The second-order valence-electron chi connectivity index (χ2n) is 5.63. The molecule has 0 fully saturated rings. The van der Waals surface area contributed by atoms with Gasteiger partial charge in [-0.05, 0) is 51.2 Å². The summed E-state index contributed by atoms with van der Waals surface area (Å²) in [5, 5.41) is 20.0. The summed E-state index contributed by atoms with van der Waals surface area (Å²) < 4.78 is 5.97. The predicted octanol–water partition coefficient (Wildman–Crippen LogP) is 0.684. The summed E-state index contributed by atoms with van der Waals surface area (Å²) >= 11 is 0. The third kappa shape index (κ3) is 11.9. The zero-order chi connectivity index (χ0) is 17.4. The van der Waals surface area contributed by atoms with Crippen molar-refractivity contribution in [3.63, 3.8) is 0 Å². The van der Waals surface area contributed by atoms with Gasteiger partial charge in [-0.25, -0.2) is 0 Å². The Morgan fingerprint density at radius 3 is 1.27 bits per heavy atom. The van der Waals surface area contributed by atoms with Gasteiger partial charge in [0.1, 0.15) is 0 Å². The van der Waals surface area contributed by atoms with Crippen LogP contribution in [-0.4, -0.2) is 28.6 Å². The van der Waals surface area contributed by atoms with Crippen LogP contribution in [0.3, 0.4) is 0 Å². The van der Waals surface area contributed by atoms with Crippen molar-refractivity contribution in [3.05, 3.63) is 35.7 Å². The average molecular weight is 524 g/mol. The fourth-order valence-electron chi connectivity index (χ4n) is 1.13. The summed E-state index contributed by atoms with van der Waals surface area (Å²) in [6, 6.07) is 0. The Labute approximate surface area is 149 Å². The SMILES string of the molecule is C/C(C(=O)[O-])=C(\C)C(=O)[O-].C=C[Si](C)(C=C)O[Si](C)(C)C.[Pt+2]. The Hall–Kier alpha value is -0.758. The van der Waals surface area contributed by atoms with Crippen LogP contribution in [0.2, 0.25) is 26.2 Å². The molecule has 0 rings (SSSR count). The van der Waals surface area contributed by atoms with E-state index in [1.165, 1.54) is 0 Å². The van der Waals surface area contributed by atoms with Gasteiger partial charge in [-0.1, -0.05) is 11.4 Å². The second-order valence-corrected chi connectivity index (χ2v) is 13.9. The molecule has 0 radical (unpaired) electrons. The molecule has 22 heavy (non-hydrogen) atoms. The maximum Gasteiger partial charge on any atom is 2.00 e. The Morgan fingerprint density at radius 1 is 0.909 bits per heavy atom. The molecule has 0 atom stereocenters. The maximum absolute atomic E-state index is 9.99. The van der Waals surface area contributed by atoms with Crippen molar-refractivity contribution in [1.29, 1.82) is 0 Å². The third-order valence-corrected chi connectivity index (χ3v) is 8.34. The minimum atomic E-state index is -1.74. The largest absolute Gasteiger partial charge is 2.00 e. The van der Waals surface area contributed by atoms with E-state index < -0.39 is 28.6 Å². The van der Waals surface area contributed by atoms with Crippen molar-refractivity contribution < 1.29 is 45.0 Å². The first kappa shape index (κ1) is 26.2. The van der Waals surface area contributed by atoms with Crippen LogP contribution in [0.1, 0.15) is 13.8 Å². The Balaban J connectivity index is -0.000000315. The smallest absolute Gasteiger partial charge is 0.545 e. The number of carboxylic acids is 2. The summed E-state index contributed by atoms with van der Waals surface area (Å²) in [7, 11) is -3.16. The van der Waals surface area contributed by atoms with Crippen molar-refractivity contribution in [2.75, 3.05) is 0 Å². The monoisotopic (exact) mass is 523 g/mol. The fraction of sp³-hybridized carbons (Fsp3) is 0.429. The molecule has 0 aromatic rings. The van der Waals surface area contributed by atoms with Crippen LogP contribution in [-0.2, 0) is 34.8 Å². The molecule has 5 nitrogen and oxygen atoms in total. The van der Waals surface area contributed by atoms with Gasteiger partial charge in [0.05, 0.1) is 11.9 Å². The van der Waals surface area contributed by atoms with E-state index in [-0.39, 0.29) is 32.2 Å². The Morgan fingerprint density at radius 2 is 1.18 bits per heavy atom. The molecule has 0 aromatic heterocycles. The van der Waals surface area contributed by atoms with Crippen molar-refractivity contribution in [2.45, 2.75) is 40.0 Å². The summed E-state index contributed by atoms with van der Waals surface area (Å²) in [5.74, 6) is -2.97. The van der Waals surface area contributed by atoms with Gasteiger partial charge in [0.15, 0.2) is 8.32 Å². The average Bonchev–Trinajstić information content (AvgIpc) is 2.35. The van der Waals surface area contributed by atoms with Crippen LogP contribution < -0.4 is 10.2 Å². The molecule has 0 aliphatic heterocycles. The summed E-state index contributed by atoms with van der Waals surface area (Å²) in [5.41, 5.74) is 3.25. The number of carbonyl (C=O) groups is 2. The topological polar surface area (TPSA) is 89.5 Å². The van der Waals surface area contributed by atoms with Gasteiger partial charge in [-0.15, -0.1) is 13.2 Å². The van der Waals surface area contributed by atoms with Crippen LogP contribution >= 0.6 is 0 Å². The quantitative estimate of drug-likeness (QED) is 0.378. The van der Waals surface area contributed by atoms with Gasteiger partial charge in [0.25, 0.3) is 0 Å². The van der Waals surface area contributed by atoms with E-state index in [4.69, 9.17) is 4.12 Å². The first-order valence-corrected chi connectivity index (χ1v) is 12.3. The molecule has 0 bridgehead atoms. The number of hydrogen-bond acceptors (Lipinski definition) is 5. The summed E-state index contributed by atoms with van der Waals surface area (Å²) in [6.07, 6.45) is 0. The first-order chi connectivity index (χ1) is 9.29. The molecule has 0 saturated carbocycles. The first-order valence-electron chi connectivity index (χ1n) is 6.37. The predicted molar refractivity (Wildman–Crippen MR) is 84.8 cm³/mol. The zero-order valence-electron chi connectivity index (χ0n) is 13.9. The van der Waals surface area contributed by atoms with Gasteiger partial charge in [-0.2, -0.15) is 0 Å². The van der Waals surface area contributed by atoms with E-state index in [1.807, 2.05) is 11.4 Å². The molecule has 0 aliphatic rings. The number of hydrogen-bond donors (Lipinski definition) is 0. The minimum Gasteiger partial charge on any atom is -0.545 e. The van der Waals surface area contributed by atoms with Crippen molar-refractivity contribution in [3.8, 4) is 0 Å². The van der Waals surface area contributed by atoms with Crippen molar-refractivity contribution in [1.82, 2.24) is 0 Å². The van der Waals surface area contributed by atoms with Crippen LogP contribution in [0.25, 0.3) is 0 Å². The molecule has 0 aliphatic carbocycles. The van der Waals surface area contributed by atoms with Gasteiger partial charge in [-0.3, -0.25) is 0 Å². The van der Waals surface area contributed by atoms with Gasteiger partial charge >= 0.3 is 21.1 Å². The molecule has 0 aromatic carbocycles. The van der Waals surface area contributed by atoms with Crippen molar-refractivity contribution >= 4 is 28.6 Å². The zero-order valence-corrected chi connectivity index (χ0v) is 18.2. The molecule has 0 spiro atoms. The Bertz CT molecular complexity index is 423. The molecule has 128 valence electrons. The number of carboxylic acid groups (broad SMARTS) is 2. The fourth-order valence-corrected chi connectivity index (χ4v) is 7.24. The van der Waals surface area contributed by atoms with Gasteiger partial charge < -0.3 is 23.9 Å². The molecule has 0 unspecified atom stereocenters.